The van der Waals surface area contributed by atoms with Crippen LogP contribution in [0.2, 0.25) is 0 Å². The SMILES string of the molecule is CNC(CCCC(F)(F)F)C(C)(C)N1CCOCC1. The summed E-state index contributed by atoms with van der Waals surface area (Å²) in [6.45, 7) is 7.25. The van der Waals surface area contributed by atoms with Crippen LogP contribution < -0.4 is 5.32 Å². The number of ether oxygens (including phenoxy) is 1. The van der Waals surface area contributed by atoms with Gasteiger partial charge in [0.1, 0.15) is 0 Å². The van der Waals surface area contributed by atoms with Crippen molar-refractivity contribution in [3.8, 4) is 0 Å². The van der Waals surface area contributed by atoms with E-state index in [1.807, 2.05) is 7.05 Å². The van der Waals surface area contributed by atoms with E-state index in [1.54, 1.807) is 0 Å². The Hall–Kier alpha value is -0.330. The van der Waals surface area contributed by atoms with Gasteiger partial charge >= 0.3 is 6.18 Å². The van der Waals surface area contributed by atoms with Crippen LogP contribution in [0.1, 0.15) is 33.1 Å². The summed E-state index contributed by atoms with van der Waals surface area (Å²) in [6, 6.07) is 0.0490. The Labute approximate surface area is 113 Å². The molecule has 3 nitrogen and oxygen atoms in total. The number of hydrogen-bond donors (Lipinski definition) is 1. The zero-order valence-electron chi connectivity index (χ0n) is 12.0. The molecule has 6 heteroatoms. The molecule has 0 aromatic heterocycles. The molecular formula is C13H25F3N2O. The van der Waals surface area contributed by atoms with Crippen molar-refractivity contribution in [1.82, 2.24) is 10.2 Å². The van der Waals surface area contributed by atoms with Crippen LogP contribution in [0.3, 0.4) is 0 Å². The maximum Gasteiger partial charge on any atom is 0.389 e. The predicted octanol–water partition coefficient (Wildman–Crippen LogP) is 2.42. The fraction of sp³-hybridized carbons (Fsp3) is 1.00. The monoisotopic (exact) mass is 282 g/mol. The summed E-state index contributed by atoms with van der Waals surface area (Å²) >= 11 is 0. The van der Waals surface area contributed by atoms with E-state index in [0.717, 1.165) is 13.1 Å². The molecule has 114 valence electrons. The van der Waals surface area contributed by atoms with Crippen molar-refractivity contribution in [2.75, 3.05) is 33.4 Å². The van der Waals surface area contributed by atoms with E-state index >= 15 is 0 Å². The summed E-state index contributed by atoms with van der Waals surface area (Å²) in [5.41, 5.74) is -0.163. The van der Waals surface area contributed by atoms with Gasteiger partial charge in [-0.3, -0.25) is 4.90 Å². The van der Waals surface area contributed by atoms with Crippen LogP contribution in [-0.2, 0) is 4.74 Å². The molecule has 0 amide bonds. The highest BCUT2D eigenvalue weighted by Crippen LogP contribution is 2.27. The maximum absolute atomic E-state index is 12.2. The first-order valence-corrected chi connectivity index (χ1v) is 6.84. The summed E-state index contributed by atoms with van der Waals surface area (Å²) in [5, 5.41) is 3.18. The molecule has 1 aliphatic heterocycles. The largest absolute Gasteiger partial charge is 0.389 e. The van der Waals surface area contributed by atoms with Gasteiger partial charge < -0.3 is 10.1 Å². The number of nitrogens with zero attached hydrogens (tertiary/aromatic N) is 1. The second-order valence-corrected chi connectivity index (χ2v) is 5.60. The van der Waals surface area contributed by atoms with Crippen molar-refractivity contribution in [2.24, 2.45) is 0 Å². The van der Waals surface area contributed by atoms with E-state index in [9.17, 15) is 13.2 Å². The van der Waals surface area contributed by atoms with Gasteiger partial charge in [-0.25, -0.2) is 0 Å². The van der Waals surface area contributed by atoms with E-state index < -0.39 is 12.6 Å². The average molecular weight is 282 g/mol. The van der Waals surface area contributed by atoms with Gasteiger partial charge in [0.05, 0.1) is 13.2 Å². The minimum absolute atomic E-state index is 0.0490. The van der Waals surface area contributed by atoms with Gasteiger partial charge in [-0.1, -0.05) is 0 Å². The van der Waals surface area contributed by atoms with Gasteiger partial charge in [0, 0.05) is 31.1 Å². The fourth-order valence-electron chi connectivity index (χ4n) is 2.72. The molecule has 0 aromatic carbocycles. The Balaban J connectivity index is 2.51. The second-order valence-electron chi connectivity index (χ2n) is 5.60. The summed E-state index contributed by atoms with van der Waals surface area (Å²) in [4.78, 5) is 2.30. The first-order valence-electron chi connectivity index (χ1n) is 6.84. The van der Waals surface area contributed by atoms with Crippen molar-refractivity contribution in [3.05, 3.63) is 0 Å². The molecule has 1 rings (SSSR count). The average Bonchev–Trinajstić information content (AvgIpc) is 2.34. The first-order chi connectivity index (χ1) is 8.77. The van der Waals surface area contributed by atoms with Crippen LogP contribution in [0.25, 0.3) is 0 Å². The zero-order chi connectivity index (χ0) is 14.5. The number of hydrogen-bond acceptors (Lipinski definition) is 3. The number of halogens is 3. The Kier molecular flexibility index (Phi) is 6.08. The summed E-state index contributed by atoms with van der Waals surface area (Å²) in [7, 11) is 1.82. The third-order valence-electron chi connectivity index (χ3n) is 3.98. The molecular weight excluding hydrogens is 257 g/mol. The van der Waals surface area contributed by atoms with E-state index in [4.69, 9.17) is 4.74 Å². The number of likely N-dealkylation sites (N-methyl/N-ethyl adjacent to an activating group) is 1. The van der Waals surface area contributed by atoms with Gasteiger partial charge in [0.15, 0.2) is 0 Å². The Morgan fingerprint density at radius 3 is 2.26 bits per heavy atom. The minimum Gasteiger partial charge on any atom is -0.379 e. The molecule has 1 heterocycles. The third-order valence-corrected chi connectivity index (χ3v) is 3.98. The maximum atomic E-state index is 12.2. The predicted molar refractivity (Wildman–Crippen MR) is 69.2 cm³/mol. The molecule has 0 aliphatic carbocycles. The first kappa shape index (κ1) is 16.7. The number of morpholine rings is 1. The molecule has 1 aliphatic rings. The van der Waals surface area contributed by atoms with Crippen LogP contribution >= 0.6 is 0 Å². The van der Waals surface area contributed by atoms with Crippen molar-refractivity contribution in [3.63, 3.8) is 0 Å². The quantitative estimate of drug-likeness (QED) is 0.809. The highest BCUT2D eigenvalue weighted by Gasteiger charge is 2.36. The number of nitrogens with one attached hydrogen (secondary N) is 1. The Morgan fingerprint density at radius 2 is 1.79 bits per heavy atom. The highest BCUT2D eigenvalue weighted by atomic mass is 19.4. The van der Waals surface area contributed by atoms with E-state index in [-0.39, 0.29) is 18.0 Å². The van der Waals surface area contributed by atoms with Gasteiger partial charge in [-0.15, -0.1) is 0 Å². The summed E-state index contributed by atoms with van der Waals surface area (Å²) in [5.74, 6) is 0. The molecule has 1 fully saturated rings. The van der Waals surface area contributed by atoms with Crippen LogP contribution in [-0.4, -0.2) is 56.0 Å². The lowest BCUT2D eigenvalue weighted by molar-refractivity contribution is -0.136. The topological polar surface area (TPSA) is 24.5 Å². The van der Waals surface area contributed by atoms with Crippen molar-refractivity contribution < 1.29 is 17.9 Å². The van der Waals surface area contributed by atoms with E-state index in [2.05, 4.69) is 24.1 Å². The van der Waals surface area contributed by atoms with Gasteiger partial charge in [-0.2, -0.15) is 13.2 Å². The van der Waals surface area contributed by atoms with E-state index in [0.29, 0.717) is 19.6 Å². The summed E-state index contributed by atoms with van der Waals surface area (Å²) < 4.78 is 42.0. The standard InChI is InChI=1S/C13H25F3N2O/c1-12(2,18-7-9-19-10-8-18)11(17-3)5-4-6-13(14,15)16/h11,17H,4-10H2,1-3H3. The number of alkyl halides is 3. The molecule has 0 saturated carbocycles. The van der Waals surface area contributed by atoms with Gasteiger partial charge in [0.2, 0.25) is 0 Å². The van der Waals surface area contributed by atoms with Gasteiger partial charge in [0.25, 0.3) is 0 Å². The van der Waals surface area contributed by atoms with Crippen LogP contribution in [0.4, 0.5) is 13.2 Å². The smallest absolute Gasteiger partial charge is 0.379 e. The normalized spacial score (nSPS) is 20.5. The van der Waals surface area contributed by atoms with Crippen molar-refractivity contribution >= 4 is 0 Å². The van der Waals surface area contributed by atoms with Crippen LogP contribution in [0.5, 0.6) is 0 Å². The molecule has 19 heavy (non-hydrogen) atoms. The molecule has 1 atom stereocenters. The van der Waals surface area contributed by atoms with Crippen LogP contribution in [0, 0.1) is 0 Å². The number of rotatable bonds is 6. The lowest BCUT2D eigenvalue weighted by Gasteiger charge is -2.46. The van der Waals surface area contributed by atoms with Crippen molar-refractivity contribution in [2.45, 2.75) is 50.9 Å². The van der Waals surface area contributed by atoms with E-state index in [1.165, 1.54) is 0 Å². The molecule has 1 unspecified atom stereocenters. The highest BCUT2D eigenvalue weighted by molar-refractivity contribution is 4.93. The fourth-order valence-corrected chi connectivity index (χ4v) is 2.72. The van der Waals surface area contributed by atoms with Gasteiger partial charge in [-0.05, 0) is 33.7 Å². The molecule has 1 N–H and O–H groups in total. The zero-order valence-corrected chi connectivity index (χ0v) is 12.0. The molecule has 0 aromatic rings. The molecule has 0 bridgehead atoms. The minimum atomic E-state index is -4.05. The lowest BCUT2D eigenvalue weighted by atomic mass is 9.88. The lowest BCUT2D eigenvalue weighted by Crippen LogP contribution is -2.59. The Morgan fingerprint density at radius 1 is 1.21 bits per heavy atom. The molecule has 0 spiro atoms. The Bertz CT molecular complexity index is 263. The second kappa shape index (κ2) is 6.90. The van der Waals surface area contributed by atoms with Crippen molar-refractivity contribution in [1.29, 1.82) is 0 Å². The molecule has 0 radical (unpaired) electrons. The third kappa shape index (κ3) is 5.28. The summed E-state index contributed by atoms with van der Waals surface area (Å²) in [6.07, 6.45) is -4.06. The molecule has 1 saturated heterocycles. The van der Waals surface area contributed by atoms with Crippen LogP contribution in [0.15, 0.2) is 0 Å².